The summed E-state index contributed by atoms with van der Waals surface area (Å²) in [6, 6.07) is 7.87. The molecule has 0 N–H and O–H groups in total. The van der Waals surface area contributed by atoms with Crippen LogP contribution in [0.5, 0.6) is 5.75 Å². The second-order valence-corrected chi connectivity index (χ2v) is 10.0. The second kappa shape index (κ2) is 8.92. The Bertz CT molecular complexity index is 825. The lowest BCUT2D eigenvalue weighted by Gasteiger charge is -2.36. The molecule has 3 rings (SSSR count). The third-order valence-corrected chi connectivity index (χ3v) is 6.48. The van der Waals surface area contributed by atoms with Crippen LogP contribution in [-0.4, -0.2) is 40.9 Å². The predicted octanol–water partition coefficient (Wildman–Crippen LogP) is 5.64. The molecule has 1 amide bonds. The van der Waals surface area contributed by atoms with Gasteiger partial charge >= 0.3 is 6.09 Å². The Labute approximate surface area is 179 Å². The molecule has 5 nitrogen and oxygen atoms in total. The molecular formula is C21H27FN2O3S2. The molecule has 0 bridgehead atoms. The zero-order valence-electron chi connectivity index (χ0n) is 17.2. The molecule has 1 aliphatic heterocycles. The molecule has 2 heterocycles. The molecule has 0 aliphatic carbocycles. The fourth-order valence-corrected chi connectivity index (χ4v) is 4.36. The van der Waals surface area contributed by atoms with E-state index in [1.54, 1.807) is 22.9 Å². The van der Waals surface area contributed by atoms with Crippen molar-refractivity contribution in [3.05, 3.63) is 40.3 Å². The van der Waals surface area contributed by atoms with E-state index in [9.17, 15) is 4.79 Å². The number of thiazole rings is 1. The van der Waals surface area contributed by atoms with E-state index in [-0.39, 0.29) is 18.9 Å². The number of piperidine rings is 1. The van der Waals surface area contributed by atoms with Crippen molar-refractivity contribution < 1.29 is 18.7 Å². The Balaban J connectivity index is 1.55. The smallest absolute Gasteiger partial charge is 0.410 e. The van der Waals surface area contributed by atoms with Crippen molar-refractivity contribution in [1.82, 2.24) is 9.88 Å². The summed E-state index contributed by atoms with van der Waals surface area (Å²) >= 11 is 3.01. The number of carbonyl (C=O) groups is 1. The summed E-state index contributed by atoms with van der Waals surface area (Å²) in [6.45, 7) is 6.47. The van der Waals surface area contributed by atoms with Crippen LogP contribution in [0.4, 0.5) is 9.18 Å². The highest BCUT2D eigenvalue weighted by atomic mass is 32.2. The average molecular weight is 439 g/mol. The van der Waals surface area contributed by atoms with Crippen molar-refractivity contribution in [1.29, 1.82) is 0 Å². The fraction of sp³-hybridized carbons (Fsp3) is 0.524. The van der Waals surface area contributed by atoms with Crippen molar-refractivity contribution in [2.45, 2.75) is 56.4 Å². The van der Waals surface area contributed by atoms with Gasteiger partial charge in [-0.2, -0.15) is 0 Å². The number of likely N-dealkylation sites (tertiary alicyclic amines) is 1. The highest BCUT2D eigenvalue weighted by molar-refractivity contribution is 7.98. The van der Waals surface area contributed by atoms with Gasteiger partial charge in [-0.3, -0.25) is 0 Å². The van der Waals surface area contributed by atoms with Crippen molar-refractivity contribution in [2.75, 3.05) is 19.3 Å². The Morgan fingerprint density at radius 2 is 1.93 bits per heavy atom. The molecule has 158 valence electrons. The summed E-state index contributed by atoms with van der Waals surface area (Å²) in [7, 11) is 0. The SMILES string of the molecule is CSc1ccc(OCc2cnc(C3(F)CCN(C(=O)OC(C)(C)C)CC3)s2)cc1. The number of amides is 1. The molecule has 1 aromatic heterocycles. The van der Waals surface area contributed by atoms with Crippen molar-refractivity contribution in [3.63, 3.8) is 0 Å². The normalized spacial score (nSPS) is 16.5. The number of benzene rings is 1. The number of thioether (sulfide) groups is 1. The molecule has 0 spiro atoms. The van der Waals surface area contributed by atoms with Crippen LogP contribution in [0.2, 0.25) is 0 Å². The van der Waals surface area contributed by atoms with Crippen LogP contribution in [0.3, 0.4) is 0 Å². The predicted molar refractivity (Wildman–Crippen MR) is 114 cm³/mol. The van der Waals surface area contributed by atoms with E-state index < -0.39 is 11.3 Å². The zero-order valence-corrected chi connectivity index (χ0v) is 18.9. The average Bonchev–Trinajstić information content (AvgIpc) is 3.16. The summed E-state index contributed by atoms with van der Waals surface area (Å²) < 4.78 is 26.6. The molecule has 0 unspecified atom stereocenters. The highest BCUT2D eigenvalue weighted by Crippen LogP contribution is 2.39. The topological polar surface area (TPSA) is 51.7 Å². The van der Waals surface area contributed by atoms with E-state index in [4.69, 9.17) is 9.47 Å². The van der Waals surface area contributed by atoms with Gasteiger partial charge in [0.1, 0.15) is 23.0 Å². The van der Waals surface area contributed by atoms with Gasteiger partial charge in [-0.05, 0) is 51.3 Å². The van der Waals surface area contributed by atoms with Gasteiger partial charge < -0.3 is 14.4 Å². The van der Waals surface area contributed by atoms with Crippen LogP contribution in [-0.2, 0) is 17.0 Å². The number of aromatic nitrogens is 1. The van der Waals surface area contributed by atoms with Gasteiger partial charge in [-0.25, -0.2) is 14.2 Å². The highest BCUT2D eigenvalue weighted by Gasteiger charge is 2.41. The molecule has 1 aromatic carbocycles. The molecule has 29 heavy (non-hydrogen) atoms. The first-order chi connectivity index (χ1) is 13.7. The summed E-state index contributed by atoms with van der Waals surface area (Å²) in [4.78, 5) is 20.1. The number of halogens is 1. The minimum absolute atomic E-state index is 0.218. The van der Waals surface area contributed by atoms with Gasteiger partial charge in [-0.1, -0.05) is 0 Å². The fourth-order valence-electron chi connectivity index (χ4n) is 2.99. The first kappa shape index (κ1) is 21.9. The minimum atomic E-state index is -1.51. The van der Waals surface area contributed by atoms with Crippen molar-refractivity contribution in [3.8, 4) is 5.75 Å². The van der Waals surface area contributed by atoms with Gasteiger partial charge in [0.25, 0.3) is 0 Å². The number of carbonyl (C=O) groups excluding carboxylic acids is 1. The summed E-state index contributed by atoms with van der Waals surface area (Å²) in [5.74, 6) is 0.776. The molecule has 0 atom stereocenters. The third kappa shape index (κ3) is 5.85. The van der Waals surface area contributed by atoms with Gasteiger partial charge in [0.05, 0.1) is 4.88 Å². The zero-order chi connectivity index (χ0) is 21.1. The lowest BCUT2D eigenvalue weighted by Crippen LogP contribution is -2.45. The van der Waals surface area contributed by atoms with E-state index >= 15 is 4.39 Å². The first-order valence-electron chi connectivity index (χ1n) is 9.57. The van der Waals surface area contributed by atoms with E-state index in [1.807, 2.05) is 51.3 Å². The Kier molecular flexibility index (Phi) is 6.73. The van der Waals surface area contributed by atoms with Crippen LogP contribution in [0, 0.1) is 0 Å². The van der Waals surface area contributed by atoms with Crippen LogP contribution in [0.25, 0.3) is 0 Å². The van der Waals surface area contributed by atoms with E-state index in [0.29, 0.717) is 24.7 Å². The third-order valence-electron chi connectivity index (χ3n) is 4.59. The van der Waals surface area contributed by atoms with Gasteiger partial charge in [0.15, 0.2) is 5.67 Å². The number of alkyl halides is 1. The van der Waals surface area contributed by atoms with Crippen LogP contribution >= 0.6 is 23.1 Å². The van der Waals surface area contributed by atoms with Crippen molar-refractivity contribution in [2.24, 2.45) is 0 Å². The van der Waals surface area contributed by atoms with E-state index in [1.165, 1.54) is 16.2 Å². The van der Waals surface area contributed by atoms with Crippen LogP contribution < -0.4 is 4.74 Å². The monoisotopic (exact) mass is 438 g/mol. The maximum absolute atomic E-state index is 15.5. The number of hydrogen-bond acceptors (Lipinski definition) is 6. The van der Waals surface area contributed by atoms with Crippen LogP contribution in [0.15, 0.2) is 35.4 Å². The number of rotatable bonds is 5. The van der Waals surface area contributed by atoms with E-state index in [0.717, 1.165) is 10.6 Å². The molecule has 0 radical (unpaired) electrons. The number of hydrogen-bond donors (Lipinski definition) is 0. The second-order valence-electron chi connectivity index (χ2n) is 8.03. The largest absolute Gasteiger partial charge is 0.488 e. The van der Waals surface area contributed by atoms with Crippen LogP contribution in [0.1, 0.15) is 43.5 Å². The molecule has 8 heteroatoms. The van der Waals surface area contributed by atoms with Gasteiger partial charge in [0.2, 0.25) is 0 Å². The van der Waals surface area contributed by atoms with Gasteiger partial charge in [-0.15, -0.1) is 23.1 Å². The Hall–Kier alpha value is -1.80. The Morgan fingerprint density at radius 3 is 2.52 bits per heavy atom. The summed E-state index contributed by atoms with van der Waals surface area (Å²) in [5.41, 5.74) is -2.07. The summed E-state index contributed by atoms with van der Waals surface area (Å²) in [6.07, 6.45) is 3.75. The lowest BCUT2D eigenvalue weighted by molar-refractivity contribution is 0.00216. The van der Waals surface area contributed by atoms with Crippen molar-refractivity contribution >= 4 is 29.2 Å². The maximum Gasteiger partial charge on any atom is 0.410 e. The standard InChI is InChI=1S/C21H27FN2O3S2/c1-20(2,3)27-19(25)24-11-9-21(22,10-12-24)18-23-13-17(29-18)14-26-15-5-7-16(28-4)8-6-15/h5-8,13H,9-12,14H2,1-4H3. The minimum Gasteiger partial charge on any atom is -0.488 e. The molecule has 1 saturated heterocycles. The number of ether oxygens (including phenoxy) is 2. The first-order valence-corrected chi connectivity index (χ1v) is 11.6. The van der Waals surface area contributed by atoms with Gasteiger partial charge in [0, 0.05) is 37.0 Å². The molecule has 2 aromatic rings. The molecule has 1 aliphatic rings. The lowest BCUT2D eigenvalue weighted by atomic mass is 9.94. The summed E-state index contributed by atoms with van der Waals surface area (Å²) in [5, 5.41) is 0.456. The molecule has 1 fully saturated rings. The molecular weight excluding hydrogens is 411 g/mol. The van der Waals surface area contributed by atoms with E-state index in [2.05, 4.69) is 4.98 Å². The number of nitrogens with zero attached hydrogens (tertiary/aromatic N) is 2. The molecule has 0 saturated carbocycles. The quantitative estimate of drug-likeness (QED) is 0.566. The maximum atomic E-state index is 15.5. The Morgan fingerprint density at radius 1 is 1.28 bits per heavy atom.